The largest absolute Gasteiger partial charge is 0.448 e. The van der Waals surface area contributed by atoms with Crippen LogP contribution in [0.3, 0.4) is 0 Å². The third-order valence-electron chi connectivity index (χ3n) is 3.62. The van der Waals surface area contributed by atoms with Gasteiger partial charge in [-0.25, -0.2) is 9.78 Å². The summed E-state index contributed by atoms with van der Waals surface area (Å²) in [5.74, 6) is 0.996. The quantitative estimate of drug-likeness (QED) is 0.793. The van der Waals surface area contributed by atoms with Crippen LogP contribution in [0.1, 0.15) is 12.0 Å². The molecule has 2 aliphatic heterocycles. The molecule has 0 N–H and O–H groups in total. The summed E-state index contributed by atoms with van der Waals surface area (Å²) in [5, 5.41) is 0. The van der Waals surface area contributed by atoms with Crippen LogP contribution in [0.2, 0.25) is 0 Å². The average Bonchev–Trinajstić information content (AvgIpc) is 2.98. The zero-order chi connectivity index (χ0) is 12.5. The fraction of sp³-hybridized carbons (Fsp3) is 0.538. The molecule has 3 heterocycles. The molecule has 5 heteroatoms. The summed E-state index contributed by atoms with van der Waals surface area (Å²) in [5.41, 5.74) is 1.16. The van der Waals surface area contributed by atoms with E-state index < -0.39 is 0 Å². The molecule has 2 fully saturated rings. The Balaban J connectivity index is 1.68. The zero-order valence-electron chi connectivity index (χ0n) is 10.5. The van der Waals surface area contributed by atoms with Crippen LogP contribution >= 0.6 is 0 Å². The van der Waals surface area contributed by atoms with E-state index >= 15 is 0 Å². The minimum Gasteiger partial charge on any atom is -0.448 e. The molecule has 1 aromatic heterocycles. The predicted octanol–water partition coefficient (Wildman–Crippen LogP) is 1.42. The second-order valence-corrected chi connectivity index (χ2v) is 4.89. The molecular formula is C13H17N3O2. The average molecular weight is 247 g/mol. The monoisotopic (exact) mass is 247 g/mol. The van der Waals surface area contributed by atoms with E-state index in [1.54, 1.807) is 0 Å². The molecule has 0 aromatic carbocycles. The smallest absolute Gasteiger partial charge is 0.410 e. The lowest BCUT2D eigenvalue weighted by Crippen LogP contribution is -2.38. The van der Waals surface area contributed by atoms with Gasteiger partial charge in [-0.15, -0.1) is 0 Å². The molecule has 1 amide bonds. The van der Waals surface area contributed by atoms with E-state index in [4.69, 9.17) is 4.74 Å². The van der Waals surface area contributed by atoms with Gasteiger partial charge in [0.25, 0.3) is 0 Å². The normalized spacial score (nSPS) is 23.6. The highest BCUT2D eigenvalue weighted by atomic mass is 16.6. The minimum absolute atomic E-state index is 0.168. The maximum atomic E-state index is 11.5. The SMILES string of the molecule is Cc1ccc(N2CCC(N3CCOC3=O)C2)nc1. The molecule has 1 unspecified atom stereocenters. The molecule has 5 nitrogen and oxygen atoms in total. The Kier molecular flexibility index (Phi) is 2.81. The van der Waals surface area contributed by atoms with Crippen molar-refractivity contribution in [1.29, 1.82) is 0 Å². The second-order valence-electron chi connectivity index (χ2n) is 4.89. The van der Waals surface area contributed by atoms with Crippen molar-refractivity contribution in [1.82, 2.24) is 9.88 Å². The lowest BCUT2D eigenvalue weighted by Gasteiger charge is -2.22. The summed E-state index contributed by atoms with van der Waals surface area (Å²) in [7, 11) is 0. The summed E-state index contributed by atoms with van der Waals surface area (Å²) in [6.07, 6.45) is 2.70. The molecule has 2 saturated heterocycles. The van der Waals surface area contributed by atoms with Gasteiger partial charge in [-0.3, -0.25) is 4.90 Å². The van der Waals surface area contributed by atoms with Gasteiger partial charge in [0, 0.05) is 19.3 Å². The van der Waals surface area contributed by atoms with E-state index in [9.17, 15) is 4.79 Å². The first-order valence-electron chi connectivity index (χ1n) is 6.35. The molecule has 0 radical (unpaired) electrons. The van der Waals surface area contributed by atoms with E-state index in [-0.39, 0.29) is 12.1 Å². The van der Waals surface area contributed by atoms with E-state index in [0.717, 1.165) is 37.4 Å². The summed E-state index contributed by atoms with van der Waals surface area (Å²) in [6.45, 7) is 5.08. The fourth-order valence-corrected chi connectivity index (χ4v) is 2.59. The molecule has 0 spiro atoms. The number of aryl methyl sites for hydroxylation is 1. The molecule has 1 atom stereocenters. The van der Waals surface area contributed by atoms with Crippen LogP contribution < -0.4 is 4.90 Å². The fourth-order valence-electron chi connectivity index (χ4n) is 2.59. The Morgan fingerprint density at radius 3 is 2.94 bits per heavy atom. The lowest BCUT2D eigenvalue weighted by atomic mass is 10.2. The van der Waals surface area contributed by atoms with E-state index in [2.05, 4.69) is 16.0 Å². The molecule has 0 aliphatic carbocycles. The number of ether oxygens (including phenoxy) is 1. The summed E-state index contributed by atoms with van der Waals surface area (Å²) >= 11 is 0. The first kappa shape index (κ1) is 11.3. The Morgan fingerprint density at radius 2 is 2.28 bits per heavy atom. The highest BCUT2D eigenvalue weighted by Gasteiger charge is 2.34. The first-order chi connectivity index (χ1) is 8.74. The van der Waals surface area contributed by atoms with Crippen molar-refractivity contribution in [2.24, 2.45) is 0 Å². The number of nitrogens with zero attached hydrogens (tertiary/aromatic N) is 3. The van der Waals surface area contributed by atoms with Gasteiger partial charge in [-0.2, -0.15) is 0 Å². The first-order valence-corrected chi connectivity index (χ1v) is 6.35. The van der Waals surface area contributed by atoms with Gasteiger partial charge in [0.05, 0.1) is 12.6 Å². The molecular weight excluding hydrogens is 230 g/mol. The van der Waals surface area contributed by atoms with Gasteiger partial charge < -0.3 is 9.64 Å². The maximum Gasteiger partial charge on any atom is 0.410 e. The van der Waals surface area contributed by atoms with Crippen molar-refractivity contribution < 1.29 is 9.53 Å². The maximum absolute atomic E-state index is 11.5. The van der Waals surface area contributed by atoms with Gasteiger partial charge in [0.1, 0.15) is 12.4 Å². The van der Waals surface area contributed by atoms with Gasteiger partial charge in [-0.1, -0.05) is 6.07 Å². The Labute approximate surface area is 106 Å². The Morgan fingerprint density at radius 1 is 1.39 bits per heavy atom. The highest BCUT2D eigenvalue weighted by Crippen LogP contribution is 2.23. The minimum atomic E-state index is -0.168. The van der Waals surface area contributed by atoms with E-state index in [0.29, 0.717) is 6.61 Å². The third kappa shape index (κ3) is 2.00. The van der Waals surface area contributed by atoms with Crippen molar-refractivity contribution in [2.45, 2.75) is 19.4 Å². The predicted molar refractivity (Wildman–Crippen MR) is 67.6 cm³/mol. The molecule has 18 heavy (non-hydrogen) atoms. The summed E-state index contributed by atoms with van der Waals surface area (Å²) in [4.78, 5) is 20.0. The van der Waals surface area contributed by atoms with Crippen LogP contribution in [-0.2, 0) is 4.74 Å². The second kappa shape index (κ2) is 4.48. The zero-order valence-corrected chi connectivity index (χ0v) is 10.5. The standard InChI is InChI=1S/C13H17N3O2/c1-10-2-3-12(14-8-10)15-5-4-11(9-15)16-6-7-18-13(16)17/h2-3,8,11H,4-7,9H2,1H3. The van der Waals surface area contributed by atoms with Crippen molar-refractivity contribution in [2.75, 3.05) is 31.1 Å². The number of anilines is 1. The number of amides is 1. The van der Waals surface area contributed by atoms with Crippen LogP contribution in [0, 0.1) is 6.92 Å². The number of hydrogen-bond donors (Lipinski definition) is 0. The van der Waals surface area contributed by atoms with Gasteiger partial charge >= 0.3 is 6.09 Å². The van der Waals surface area contributed by atoms with Crippen molar-refractivity contribution in [3.05, 3.63) is 23.9 Å². The van der Waals surface area contributed by atoms with Crippen LogP contribution in [0.5, 0.6) is 0 Å². The van der Waals surface area contributed by atoms with E-state index in [1.165, 1.54) is 0 Å². The molecule has 3 rings (SSSR count). The molecule has 2 aliphatic rings. The highest BCUT2D eigenvalue weighted by molar-refractivity contribution is 5.70. The molecule has 1 aromatic rings. The Bertz CT molecular complexity index is 446. The van der Waals surface area contributed by atoms with Crippen molar-refractivity contribution >= 4 is 11.9 Å². The van der Waals surface area contributed by atoms with Crippen molar-refractivity contribution in [3.63, 3.8) is 0 Å². The lowest BCUT2D eigenvalue weighted by molar-refractivity contribution is 0.150. The molecule has 0 bridgehead atoms. The summed E-state index contributed by atoms with van der Waals surface area (Å²) < 4.78 is 4.99. The third-order valence-corrected chi connectivity index (χ3v) is 3.62. The number of carbonyl (C=O) groups is 1. The number of carbonyl (C=O) groups excluding carboxylic acids is 1. The Hall–Kier alpha value is -1.78. The van der Waals surface area contributed by atoms with Gasteiger partial charge in [0.2, 0.25) is 0 Å². The van der Waals surface area contributed by atoms with Gasteiger partial charge in [0.15, 0.2) is 0 Å². The number of cyclic esters (lactones) is 1. The van der Waals surface area contributed by atoms with Gasteiger partial charge in [-0.05, 0) is 25.0 Å². The molecule has 0 saturated carbocycles. The number of aromatic nitrogens is 1. The number of hydrogen-bond acceptors (Lipinski definition) is 4. The van der Waals surface area contributed by atoms with Crippen molar-refractivity contribution in [3.8, 4) is 0 Å². The molecule has 96 valence electrons. The number of rotatable bonds is 2. The topological polar surface area (TPSA) is 45.7 Å². The summed E-state index contributed by atoms with van der Waals surface area (Å²) in [6, 6.07) is 4.38. The number of pyridine rings is 1. The van der Waals surface area contributed by atoms with Crippen LogP contribution in [0.25, 0.3) is 0 Å². The van der Waals surface area contributed by atoms with Crippen LogP contribution in [0.4, 0.5) is 10.6 Å². The van der Waals surface area contributed by atoms with E-state index in [1.807, 2.05) is 24.1 Å². The van der Waals surface area contributed by atoms with Crippen LogP contribution in [0.15, 0.2) is 18.3 Å². The van der Waals surface area contributed by atoms with Crippen LogP contribution in [-0.4, -0.2) is 48.3 Å².